The number of amides is 1. The van der Waals surface area contributed by atoms with E-state index < -0.39 is 0 Å². The van der Waals surface area contributed by atoms with E-state index in [0.717, 1.165) is 28.5 Å². The molecule has 144 valence electrons. The molecular formula is C21H21N3O3S. The van der Waals surface area contributed by atoms with Crippen LogP contribution < -0.4 is 14.8 Å². The number of aromatic nitrogens is 2. The number of carbonyl (C=O) groups excluding carboxylic acids is 1. The highest BCUT2D eigenvalue weighted by molar-refractivity contribution is 8.00. The SMILES string of the molecule is O=C(CSc1ccc2c(c1)OCCO2)NCc1cccc(Cn2ccnc2)c1. The molecule has 0 saturated carbocycles. The Kier molecular flexibility index (Phi) is 5.82. The smallest absolute Gasteiger partial charge is 0.230 e. The number of fused-ring (bicyclic) bond motifs is 1. The van der Waals surface area contributed by atoms with Crippen molar-refractivity contribution in [1.29, 1.82) is 0 Å². The number of hydrogen-bond donors (Lipinski definition) is 1. The van der Waals surface area contributed by atoms with Crippen LogP contribution in [0.5, 0.6) is 11.5 Å². The molecule has 1 aromatic heterocycles. The number of thioether (sulfide) groups is 1. The predicted molar refractivity (Wildman–Crippen MR) is 108 cm³/mol. The zero-order valence-electron chi connectivity index (χ0n) is 15.3. The van der Waals surface area contributed by atoms with E-state index in [-0.39, 0.29) is 5.91 Å². The van der Waals surface area contributed by atoms with Crippen molar-refractivity contribution in [2.45, 2.75) is 18.0 Å². The van der Waals surface area contributed by atoms with E-state index in [0.29, 0.717) is 25.5 Å². The summed E-state index contributed by atoms with van der Waals surface area (Å²) < 4.78 is 13.1. The van der Waals surface area contributed by atoms with E-state index >= 15 is 0 Å². The number of rotatable bonds is 7. The van der Waals surface area contributed by atoms with E-state index in [9.17, 15) is 4.79 Å². The first-order valence-corrected chi connectivity index (χ1v) is 10.1. The number of imidazole rings is 1. The lowest BCUT2D eigenvalue weighted by molar-refractivity contribution is -0.118. The molecular weight excluding hydrogens is 374 g/mol. The minimum Gasteiger partial charge on any atom is -0.486 e. The average Bonchev–Trinajstić information content (AvgIpc) is 3.24. The molecule has 0 radical (unpaired) electrons. The van der Waals surface area contributed by atoms with Gasteiger partial charge in [0.1, 0.15) is 13.2 Å². The van der Waals surface area contributed by atoms with Crippen molar-refractivity contribution in [3.63, 3.8) is 0 Å². The maximum absolute atomic E-state index is 12.2. The second-order valence-corrected chi connectivity index (χ2v) is 7.47. The number of nitrogens with one attached hydrogen (secondary N) is 1. The summed E-state index contributed by atoms with van der Waals surface area (Å²) in [4.78, 5) is 17.3. The van der Waals surface area contributed by atoms with Gasteiger partial charge in [0.2, 0.25) is 5.91 Å². The molecule has 28 heavy (non-hydrogen) atoms. The predicted octanol–water partition coefficient (Wildman–Crippen LogP) is 3.11. The van der Waals surface area contributed by atoms with Crippen LogP contribution in [0.2, 0.25) is 0 Å². The third-order valence-corrected chi connectivity index (χ3v) is 5.28. The molecule has 0 bridgehead atoms. The zero-order valence-corrected chi connectivity index (χ0v) is 16.2. The van der Waals surface area contributed by atoms with Gasteiger partial charge in [-0.3, -0.25) is 4.79 Å². The molecule has 7 heteroatoms. The van der Waals surface area contributed by atoms with Crippen molar-refractivity contribution >= 4 is 17.7 Å². The van der Waals surface area contributed by atoms with Gasteiger partial charge in [-0.2, -0.15) is 0 Å². The number of carbonyl (C=O) groups is 1. The quantitative estimate of drug-likeness (QED) is 0.623. The van der Waals surface area contributed by atoms with Crippen LogP contribution in [0.3, 0.4) is 0 Å². The van der Waals surface area contributed by atoms with E-state index in [1.807, 2.05) is 41.1 Å². The van der Waals surface area contributed by atoms with Gasteiger partial charge >= 0.3 is 0 Å². The Morgan fingerprint density at radius 3 is 2.82 bits per heavy atom. The van der Waals surface area contributed by atoms with Crippen molar-refractivity contribution < 1.29 is 14.3 Å². The molecule has 1 aliphatic rings. The summed E-state index contributed by atoms with van der Waals surface area (Å²) in [5, 5.41) is 2.98. The van der Waals surface area contributed by atoms with Crippen LogP contribution in [-0.4, -0.2) is 34.4 Å². The Morgan fingerprint density at radius 2 is 1.96 bits per heavy atom. The topological polar surface area (TPSA) is 65.4 Å². The second-order valence-electron chi connectivity index (χ2n) is 6.43. The lowest BCUT2D eigenvalue weighted by Crippen LogP contribution is -2.24. The average molecular weight is 395 g/mol. The third kappa shape index (κ3) is 4.86. The van der Waals surface area contributed by atoms with Crippen molar-refractivity contribution in [3.05, 3.63) is 72.3 Å². The van der Waals surface area contributed by atoms with Gasteiger partial charge in [-0.15, -0.1) is 11.8 Å². The molecule has 4 rings (SSSR count). The first kappa shape index (κ1) is 18.4. The molecule has 6 nitrogen and oxygen atoms in total. The van der Waals surface area contributed by atoms with Gasteiger partial charge in [0, 0.05) is 30.4 Å². The summed E-state index contributed by atoms with van der Waals surface area (Å²) in [6.45, 7) is 2.41. The monoisotopic (exact) mass is 395 g/mol. The van der Waals surface area contributed by atoms with Crippen LogP contribution in [0.25, 0.3) is 0 Å². The summed E-state index contributed by atoms with van der Waals surface area (Å²) in [5.41, 5.74) is 2.26. The number of ether oxygens (including phenoxy) is 2. The molecule has 3 aromatic rings. The van der Waals surface area contributed by atoms with Crippen molar-refractivity contribution in [2.75, 3.05) is 19.0 Å². The van der Waals surface area contributed by atoms with Crippen LogP contribution in [0.1, 0.15) is 11.1 Å². The van der Waals surface area contributed by atoms with Gasteiger partial charge in [-0.1, -0.05) is 24.3 Å². The van der Waals surface area contributed by atoms with Crippen LogP contribution in [0, 0.1) is 0 Å². The molecule has 2 heterocycles. The molecule has 0 spiro atoms. The summed E-state index contributed by atoms with van der Waals surface area (Å²) in [6.07, 6.45) is 5.50. The van der Waals surface area contributed by atoms with Gasteiger partial charge < -0.3 is 19.4 Å². The Morgan fingerprint density at radius 1 is 1.11 bits per heavy atom. The zero-order chi connectivity index (χ0) is 19.2. The van der Waals surface area contributed by atoms with Crippen molar-refractivity contribution in [1.82, 2.24) is 14.9 Å². The molecule has 0 aliphatic carbocycles. The Bertz CT molecular complexity index is 944. The van der Waals surface area contributed by atoms with Gasteiger partial charge in [0.05, 0.1) is 12.1 Å². The van der Waals surface area contributed by atoms with Crippen LogP contribution in [-0.2, 0) is 17.9 Å². The summed E-state index contributed by atoms with van der Waals surface area (Å²) in [7, 11) is 0. The van der Waals surface area contributed by atoms with Gasteiger partial charge in [0.15, 0.2) is 11.5 Å². The molecule has 1 amide bonds. The van der Waals surface area contributed by atoms with Gasteiger partial charge in [0.25, 0.3) is 0 Å². The fourth-order valence-electron chi connectivity index (χ4n) is 2.94. The Labute approximate surface area is 167 Å². The maximum atomic E-state index is 12.2. The lowest BCUT2D eigenvalue weighted by Gasteiger charge is -2.18. The van der Waals surface area contributed by atoms with E-state index in [4.69, 9.17) is 9.47 Å². The number of hydrogen-bond acceptors (Lipinski definition) is 5. The second kappa shape index (κ2) is 8.84. The lowest BCUT2D eigenvalue weighted by atomic mass is 10.1. The highest BCUT2D eigenvalue weighted by Gasteiger charge is 2.12. The highest BCUT2D eigenvalue weighted by atomic mass is 32.2. The highest BCUT2D eigenvalue weighted by Crippen LogP contribution is 2.34. The summed E-state index contributed by atoms with van der Waals surface area (Å²) in [6, 6.07) is 14.0. The van der Waals surface area contributed by atoms with Gasteiger partial charge in [-0.25, -0.2) is 4.98 Å². The molecule has 0 saturated heterocycles. The fourth-order valence-corrected chi connectivity index (χ4v) is 3.70. The van der Waals surface area contributed by atoms with E-state index in [2.05, 4.69) is 22.4 Å². The van der Waals surface area contributed by atoms with Crippen molar-refractivity contribution in [3.8, 4) is 11.5 Å². The maximum Gasteiger partial charge on any atom is 0.230 e. The first-order valence-electron chi connectivity index (χ1n) is 9.09. The van der Waals surface area contributed by atoms with Crippen LogP contribution >= 0.6 is 11.8 Å². The third-order valence-electron chi connectivity index (χ3n) is 4.29. The molecule has 1 aliphatic heterocycles. The number of nitrogens with zero attached hydrogens (tertiary/aromatic N) is 2. The molecule has 0 fully saturated rings. The molecule has 2 aromatic carbocycles. The fraction of sp³-hybridized carbons (Fsp3) is 0.238. The molecule has 0 unspecified atom stereocenters. The van der Waals surface area contributed by atoms with E-state index in [1.54, 1.807) is 12.5 Å². The normalized spacial score (nSPS) is 12.6. The standard InChI is InChI=1S/C21H21N3O3S/c25-21(14-28-18-4-5-19-20(11-18)27-9-8-26-19)23-12-16-2-1-3-17(10-16)13-24-7-6-22-15-24/h1-7,10-11,15H,8-9,12-14H2,(H,23,25). The molecule has 0 atom stereocenters. The largest absolute Gasteiger partial charge is 0.486 e. The van der Waals surface area contributed by atoms with Crippen LogP contribution in [0.15, 0.2) is 66.1 Å². The van der Waals surface area contributed by atoms with Gasteiger partial charge in [-0.05, 0) is 29.3 Å². The van der Waals surface area contributed by atoms with E-state index in [1.165, 1.54) is 17.3 Å². The Balaban J connectivity index is 1.26. The minimum atomic E-state index is -0.0000910. The Hall–Kier alpha value is -2.93. The number of benzene rings is 2. The summed E-state index contributed by atoms with van der Waals surface area (Å²) >= 11 is 1.48. The minimum absolute atomic E-state index is 0.0000910. The molecule has 1 N–H and O–H groups in total. The summed E-state index contributed by atoms with van der Waals surface area (Å²) in [5.74, 6) is 1.86. The van der Waals surface area contributed by atoms with Crippen LogP contribution in [0.4, 0.5) is 0 Å². The first-order chi connectivity index (χ1) is 13.8. The van der Waals surface area contributed by atoms with Crippen molar-refractivity contribution in [2.24, 2.45) is 0 Å².